The van der Waals surface area contributed by atoms with E-state index in [4.69, 9.17) is 16.2 Å². The average Bonchev–Trinajstić information content (AvgIpc) is 2.48. The number of primary amides is 1. The lowest BCUT2D eigenvalue weighted by Crippen LogP contribution is -2.13. The summed E-state index contributed by atoms with van der Waals surface area (Å²) in [5.41, 5.74) is 12.7. The quantitative estimate of drug-likeness (QED) is 0.853. The van der Waals surface area contributed by atoms with Gasteiger partial charge >= 0.3 is 0 Å². The van der Waals surface area contributed by atoms with Crippen LogP contribution in [-0.2, 0) is 6.42 Å². The summed E-state index contributed by atoms with van der Waals surface area (Å²) in [6, 6.07) is 9.18. The summed E-state index contributed by atoms with van der Waals surface area (Å²) in [5.74, 6) is 0.150. The van der Waals surface area contributed by atoms with Crippen LogP contribution in [0.1, 0.15) is 35.7 Å². The fourth-order valence-electron chi connectivity index (χ4n) is 1.94. The van der Waals surface area contributed by atoms with Crippen LogP contribution >= 0.6 is 0 Å². The maximum Gasteiger partial charge on any atom is 0.254 e. The molecule has 21 heavy (non-hydrogen) atoms. The minimum atomic E-state index is -0.621. The molecule has 0 aliphatic carbocycles. The van der Waals surface area contributed by atoms with E-state index in [9.17, 15) is 4.79 Å². The standard InChI is InChI=1S/C16H19N3O2/c1-2-3-4-11-5-7-13(8-6-11)21-16-14(15(18)20)9-12(17)10-19-16/h5-10H,2-4,17H2,1H3,(H2,18,20). The van der Waals surface area contributed by atoms with E-state index in [0.717, 1.165) is 19.3 Å². The number of nitrogens with zero attached hydrogens (tertiary/aromatic N) is 1. The topological polar surface area (TPSA) is 91.2 Å². The lowest BCUT2D eigenvalue weighted by atomic mass is 10.1. The summed E-state index contributed by atoms with van der Waals surface area (Å²) in [7, 11) is 0. The van der Waals surface area contributed by atoms with E-state index >= 15 is 0 Å². The Hall–Kier alpha value is -2.56. The molecule has 2 rings (SSSR count). The van der Waals surface area contributed by atoms with Gasteiger partial charge in [0.15, 0.2) is 0 Å². The molecule has 0 atom stereocenters. The van der Waals surface area contributed by atoms with Gasteiger partial charge in [-0.2, -0.15) is 0 Å². The molecule has 4 N–H and O–H groups in total. The number of carbonyl (C=O) groups excluding carboxylic acids is 1. The molecule has 0 bridgehead atoms. The van der Waals surface area contributed by atoms with Crippen molar-refractivity contribution in [3.8, 4) is 11.6 Å². The minimum Gasteiger partial charge on any atom is -0.438 e. The van der Waals surface area contributed by atoms with Crippen LogP contribution in [0.5, 0.6) is 11.6 Å². The fraction of sp³-hybridized carbons (Fsp3) is 0.250. The molecule has 0 radical (unpaired) electrons. The Kier molecular flexibility index (Phi) is 4.77. The van der Waals surface area contributed by atoms with Crippen molar-refractivity contribution in [1.29, 1.82) is 0 Å². The molecule has 2 aromatic rings. The third-order valence-electron chi connectivity index (χ3n) is 3.09. The van der Waals surface area contributed by atoms with Gasteiger partial charge in [0.25, 0.3) is 5.91 Å². The van der Waals surface area contributed by atoms with E-state index in [-0.39, 0.29) is 11.4 Å². The van der Waals surface area contributed by atoms with Crippen molar-refractivity contribution >= 4 is 11.6 Å². The normalized spacial score (nSPS) is 10.3. The largest absolute Gasteiger partial charge is 0.438 e. The van der Waals surface area contributed by atoms with E-state index < -0.39 is 5.91 Å². The van der Waals surface area contributed by atoms with Crippen molar-refractivity contribution in [2.45, 2.75) is 26.2 Å². The number of anilines is 1. The van der Waals surface area contributed by atoms with E-state index in [1.165, 1.54) is 17.8 Å². The van der Waals surface area contributed by atoms with Gasteiger partial charge in [-0.15, -0.1) is 0 Å². The number of nitrogens with two attached hydrogens (primary N) is 2. The van der Waals surface area contributed by atoms with Crippen LogP contribution in [0, 0.1) is 0 Å². The van der Waals surface area contributed by atoms with Gasteiger partial charge < -0.3 is 16.2 Å². The number of aromatic nitrogens is 1. The van der Waals surface area contributed by atoms with Gasteiger partial charge in [-0.1, -0.05) is 25.5 Å². The van der Waals surface area contributed by atoms with Gasteiger partial charge in [0, 0.05) is 0 Å². The molecule has 0 aliphatic heterocycles. The highest BCUT2D eigenvalue weighted by Crippen LogP contribution is 2.24. The highest BCUT2D eigenvalue weighted by Gasteiger charge is 2.12. The first-order valence-electron chi connectivity index (χ1n) is 6.92. The summed E-state index contributed by atoms with van der Waals surface area (Å²) < 4.78 is 5.62. The summed E-state index contributed by atoms with van der Waals surface area (Å²) in [4.78, 5) is 15.4. The molecule has 0 spiro atoms. The highest BCUT2D eigenvalue weighted by atomic mass is 16.5. The predicted molar refractivity (Wildman–Crippen MR) is 82.3 cm³/mol. The molecule has 0 saturated carbocycles. The molecule has 0 fully saturated rings. The lowest BCUT2D eigenvalue weighted by molar-refractivity contribution is 0.0997. The molecule has 110 valence electrons. The Morgan fingerprint density at radius 1 is 1.29 bits per heavy atom. The van der Waals surface area contributed by atoms with Crippen molar-refractivity contribution < 1.29 is 9.53 Å². The minimum absolute atomic E-state index is 0.165. The Morgan fingerprint density at radius 3 is 2.62 bits per heavy atom. The van der Waals surface area contributed by atoms with Crippen LogP contribution in [-0.4, -0.2) is 10.9 Å². The maximum atomic E-state index is 11.4. The molecule has 0 saturated heterocycles. The van der Waals surface area contributed by atoms with Crippen molar-refractivity contribution in [3.05, 3.63) is 47.7 Å². The summed E-state index contributed by atoms with van der Waals surface area (Å²) in [6.45, 7) is 2.16. The third kappa shape index (κ3) is 3.95. The second kappa shape index (κ2) is 6.74. The van der Waals surface area contributed by atoms with Crippen LogP contribution < -0.4 is 16.2 Å². The Bertz CT molecular complexity index is 624. The highest BCUT2D eigenvalue weighted by molar-refractivity contribution is 5.95. The number of rotatable bonds is 6. The number of aryl methyl sites for hydroxylation is 1. The van der Waals surface area contributed by atoms with Crippen molar-refractivity contribution in [1.82, 2.24) is 4.98 Å². The Balaban J connectivity index is 2.16. The fourth-order valence-corrected chi connectivity index (χ4v) is 1.94. The molecule has 5 nitrogen and oxygen atoms in total. The number of ether oxygens (including phenoxy) is 1. The van der Waals surface area contributed by atoms with E-state index in [2.05, 4.69) is 11.9 Å². The van der Waals surface area contributed by atoms with Gasteiger partial charge in [-0.3, -0.25) is 4.79 Å². The van der Waals surface area contributed by atoms with E-state index in [0.29, 0.717) is 11.4 Å². The number of pyridine rings is 1. The van der Waals surface area contributed by atoms with E-state index in [1.54, 1.807) is 0 Å². The number of nitrogen functional groups attached to an aromatic ring is 1. The zero-order chi connectivity index (χ0) is 15.2. The zero-order valence-electron chi connectivity index (χ0n) is 12.0. The van der Waals surface area contributed by atoms with Gasteiger partial charge in [0.1, 0.15) is 11.3 Å². The molecule has 5 heteroatoms. The molecule has 1 aromatic heterocycles. The molecule has 0 aliphatic rings. The van der Waals surface area contributed by atoms with Crippen LogP contribution in [0.2, 0.25) is 0 Å². The van der Waals surface area contributed by atoms with Crippen molar-refractivity contribution in [2.24, 2.45) is 5.73 Å². The number of hydrogen-bond donors (Lipinski definition) is 2. The SMILES string of the molecule is CCCCc1ccc(Oc2ncc(N)cc2C(N)=O)cc1. The number of hydrogen-bond acceptors (Lipinski definition) is 4. The monoisotopic (exact) mass is 285 g/mol. The number of benzene rings is 1. The zero-order valence-corrected chi connectivity index (χ0v) is 12.0. The second-order valence-corrected chi connectivity index (χ2v) is 4.84. The first-order chi connectivity index (χ1) is 10.1. The second-order valence-electron chi connectivity index (χ2n) is 4.84. The first kappa shape index (κ1) is 14.8. The molecule has 1 aromatic carbocycles. The van der Waals surface area contributed by atoms with Crippen LogP contribution in [0.25, 0.3) is 0 Å². The number of unbranched alkanes of at least 4 members (excludes halogenated alkanes) is 1. The maximum absolute atomic E-state index is 11.4. The lowest BCUT2D eigenvalue weighted by Gasteiger charge is -2.09. The van der Waals surface area contributed by atoms with Crippen molar-refractivity contribution in [2.75, 3.05) is 5.73 Å². The van der Waals surface area contributed by atoms with Crippen LogP contribution in [0.4, 0.5) is 5.69 Å². The van der Waals surface area contributed by atoms with Gasteiger partial charge in [-0.05, 0) is 36.6 Å². The van der Waals surface area contributed by atoms with Gasteiger partial charge in [0.05, 0.1) is 11.9 Å². The summed E-state index contributed by atoms with van der Waals surface area (Å²) in [5, 5.41) is 0. The summed E-state index contributed by atoms with van der Waals surface area (Å²) in [6.07, 6.45) is 4.79. The van der Waals surface area contributed by atoms with Gasteiger partial charge in [-0.25, -0.2) is 4.98 Å². The molecule has 1 amide bonds. The third-order valence-corrected chi connectivity index (χ3v) is 3.09. The Labute approximate surface area is 123 Å². The first-order valence-corrected chi connectivity index (χ1v) is 6.92. The van der Waals surface area contributed by atoms with Crippen molar-refractivity contribution in [3.63, 3.8) is 0 Å². The van der Waals surface area contributed by atoms with Crippen LogP contribution in [0.15, 0.2) is 36.5 Å². The number of carbonyl (C=O) groups is 1. The molecule has 0 unspecified atom stereocenters. The van der Waals surface area contributed by atoms with Crippen LogP contribution in [0.3, 0.4) is 0 Å². The van der Waals surface area contributed by atoms with E-state index in [1.807, 2.05) is 24.3 Å². The summed E-state index contributed by atoms with van der Waals surface area (Å²) >= 11 is 0. The molecule has 1 heterocycles. The predicted octanol–water partition coefficient (Wildman–Crippen LogP) is 2.90. The van der Waals surface area contributed by atoms with Gasteiger partial charge in [0.2, 0.25) is 5.88 Å². The smallest absolute Gasteiger partial charge is 0.254 e. The average molecular weight is 285 g/mol. The molecular formula is C16H19N3O2. The number of amides is 1. The Morgan fingerprint density at radius 2 is 2.00 bits per heavy atom. The molecular weight excluding hydrogens is 266 g/mol.